The number of hydrogen-bond donors (Lipinski definition) is 1. The average Bonchev–Trinajstić information content (AvgIpc) is 3.24. The standard InChI is InChI=1S/C17H26N2/c1-2-11-19-12-5-8-16(18)17(19)15-7-4-3-6-14(15)13-9-10-13/h3-4,6-7,13,16-17H,2,5,8-12,18H2,1H3. The summed E-state index contributed by atoms with van der Waals surface area (Å²) in [4.78, 5) is 2.62. The quantitative estimate of drug-likeness (QED) is 0.896. The van der Waals surface area contributed by atoms with E-state index in [1.807, 2.05) is 0 Å². The topological polar surface area (TPSA) is 29.3 Å². The predicted octanol–water partition coefficient (Wildman–Crippen LogP) is 3.44. The van der Waals surface area contributed by atoms with Crippen LogP contribution in [0.1, 0.15) is 62.1 Å². The molecule has 2 N–H and O–H groups in total. The molecule has 2 nitrogen and oxygen atoms in total. The van der Waals surface area contributed by atoms with Gasteiger partial charge in [0.1, 0.15) is 0 Å². The van der Waals surface area contributed by atoms with E-state index in [0.29, 0.717) is 12.1 Å². The van der Waals surface area contributed by atoms with Gasteiger partial charge >= 0.3 is 0 Å². The molecule has 0 amide bonds. The zero-order valence-electron chi connectivity index (χ0n) is 12.0. The maximum absolute atomic E-state index is 6.48. The van der Waals surface area contributed by atoms with Crippen molar-refractivity contribution in [3.05, 3.63) is 35.4 Å². The van der Waals surface area contributed by atoms with Crippen molar-refractivity contribution in [2.75, 3.05) is 13.1 Å². The van der Waals surface area contributed by atoms with Crippen LogP contribution in [0.15, 0.2) is 24.3 Å². The summed E-state index contributed by atoms with van der Waals surface area (Å²) in [5.74, 6) is 0.814. The van der Waals surface area contributed by atoms with Gasteiger partial charge in [0.25, 0.3) is 0 Å². The highest BCUT2D eigenvalue weighted by atomic mass is 15.2. The van der Waals surface area contributed by atoms with Crippen molar-refractivity contribution in [3.8, 4) is 0 Å². The van der Waals surface area contributed by atoms with Gasteiger partial charge in [0.05, 0.1) is 6.04 Å². The van der Waals surface area contributed by atoms with E-state index in [1.165, 1.54) is 50.8 Å². The number of rotatable bonds is 4. The average molecular weight is 258 g/mol. The summed E-state index contributed by atoms with van der Waals surface area (Å²) in [7, 11) is 0. The number of benzene rings is 1. The molecule has 0 spiro atoms. The van der Waals surface area contributed by atoms with Crippen LogP contribution in [0.2, 0.25) is 0 Å². The first-order chi connectivity index (χ1) is 9.31. The lowest BCUT2D eigenvalue weighted by Gasteiger charge is -2.41. The van der Waals surface area contributed by atoms with Crippen LogP contribution in [0.3, 0.4) is 0 Å². The molecule has 2 unspecified atom stereocenters. The lowest BCUT2D eigenvalue weighted by molar-refractivity contribution is 0.128. The zero-order valence-corrected chi connectivity index (χ0v) is 12.0. The van der Waals surface area contributed by atoms with E-state index in [4.69, 9.17) is 5.73 Å². The molecule has 1 saturated heterocycles. The van der Waals surface area contributed by atoms with Gasteiger partial charge in [0, 0.05) is 6.04 Å². The van der Waals surface area contributed by atoms with Crippen molar-refractivity contribution in [1.82, 2.24) is 4.90 Å². The summed E-state index contributed by atoms with van der Waals surface area (Å²) in [6, 6.07) is 9.79. The molecule has 1 aliphatic carbocycles. The van der Waals surface area contributed by atoms with Crippen LogP contribution < -0.4 is 5.73 Å². The minimum absolute atomic E-state index is 0.306. The summed E-state index contributed by atoms with van der Waals surface area (Å²) >= 11 is 0. The third-order valence-corrected chi connectivity index (χ3v) is 4.62. The van der Waals surface area contributed by atoms with Crippen LogP contribution in [-0.4, -0.2) is 24.0 Å². The van der Waals surface area contributed by atoms with Crippen molar-refractivity contribution in [3.63, 3.8) is 0 Å². The van der Waals surface area contributed by atoms with Crippen LogP contribution in [0, 0.1) is 0 Å². The van der Waals surface area contributed by atoms with Gasteiger partial charge in [-0.05, 0) is 62.2 Å². The highest BCUT2D eigenvalue weighted by Gasteiger charge is 2.34. The van der Waals surface area contributed by atoms with Crippen LogP contribution in [-0.2, 0) is 0 Å². The molecule has 2 heteroatoms. The fourth-order valence-corrected chi connectivity index (χ4v) is 3.61. The van der Waals surface area contributed by atoms with Crippen LogP contribution in [0.4, 0.5) is 0 Å². The molecule has 0 aromatic heterocycles. The van der Waals surface area contributed by atoms with Gasteiger partial charge in [0.2, 0.25) is 0 Å². The van der Waals surface area contributed by atoms with Gasteiger partial charge in [-0.25, -0.2) is 0 Å². The Labute approximate surface area is 117 Å². The lowest BCUT2D eigenvalue weighted by Crippen LogP contribution is -2.46. The van der Waals surface area contributed by atoms with E-state index in [1.54, 1.807) is 5.56 Å². The molecule has 0 radical (unpaired) electrons. The first-order valence-corrected chi connectivity index (χ1v) is 7.89. The van der Waals surface area contributed by atoms with Gasteiger partial charge in [-0.2, -0.15) is 0 Å². The van der Waals surface area contributed by atoms with E-state index in [2.05, 4.69) is 36.1 Å². The minimum atomic E-state index is 0.306. The molecule has 1 aromatic carbocycles. The number of nitrogens with two attached hydrogens (primary N) is 1. The van der Waals surface area contributed by atoms with Gasteiger partial charge in [-0.1, -0.05) is 31.2 Å². The molecular formula is C17H26N2. The Morgan fingerprint density at radius 1 is 1.16 bits per heavy atom. The highest BCUT2D eigenvalue weighted by Crippen LogP contribution is 2.45. The number of likely N-dealkylation sites (tertiary alicyclic amines) is 1. The zero-order chi connectivity index (χ0) is 13.2. The second-order valence-electron chi connectivity index (χ2n) is 6.19. The molecule has 3 rings (SSSR count). The van der Waals surface area contributed by atoms with Gasteiger partial charge in [-0.15, -0.1) is 0 Å². The Hall–Kier alpha value is -0.860. The number of piperidine rings is 1. The molecule has 1 saturated carbocycles. The molecular weight excluding hydrogens is 232 g/mol. The highest BCUT2D eigenvalue weighted by molar-refractivity contribution is 5.36. The van der Waals surface area contributed by atoms with Crippen LogP contribution in [0.25, 0.3) is 0 Å². The molecule has 1 aromatic rings. The van der Waals surface area contributed by atoms with E-state index >= 15 is 0 Å². The number of hydrogen-bond acceptors (Lipinski definition) is 2. The van der Waals surface area contributed by atoms with Crippen molar-refractivity contribution < 1.29 is 0 Å². The third-order valence-electron chi connectivity index (χ3n) is 4.62. The normalized spacial score (nSPS) is 28.5. The van der Waals surface area contributed by atoms with Crippen LogP contribution in [0.5, 0.6) is 0 Å². The molecule has 2 aliphatic rings. The van der Waals surface area contributed by atoms with Crippen LogP contribution >= 0.6 is 0 Å². The first kappa shape index (κ1) is 13.1. The fraction of sp³-hybridized carbons (Fsp3) is 0.647. The minimum Gasteiger partial charge on any atom is -0.326 e. The molecule has 1 aliphatic heterocycles. The molecule has 0 bridgehead atoms. The second-order valence-corrected chi connectivity index (χ2v) is 6.19. The Balaban J connectivity index is 1.92. The molecule has 2 fully saturated rings. The van der Waals surface area contributed by atoms with Crippen molar-refractivity contribution in [2.24, 2.45) is 5.73 Å². The molecule has 19 heavy (non-hydrogen) atoms. The fourth-order valence-electron chi connectivity index (χ4n) is 3.61. The van der Waals surface area contributed by atoms with E-state index in [0.717, 1.165) is 5.92 Å². The van der Waals surface area contributed by atoms with Gasteiger partial charge < -0.3 is 5.73 Å². The first-order valence-electron chi connectivity index (χ1n) is 7.89. The Morgan fingerprint density at radius 3 is 2.58 bits per heavy atom. The van der Waals surface area contributed by atoms with Gasteiger partial charge in [0.15, 0.2) is 0 Å². The molecule has 104 valence electrons. The summed E-state index contributed by atoms with van der Waals surface area (Å²) in [5, 5.41) is 0. The SMILES string of the molecule is CCCN1CCCC(N)C1c1ccccc1C1CC1. The largest absolute Gasteiger partial charge is 0.326 e. The monoisotopic (exact) mass is 258 g/mol. The molecule has 2 atom stereocenters. The van der Waals surface area contributed by atoms with Crippen molar-refractivity contribution in [1.29, 1.82) is 0 Å². The maximum Gasteiger partial charge on any atom is 0.0501 e. The summed E-state index contributed by atoms with van der Waals surface area (Å²) < 4.78 is 0. The van der Waals surface area contributed by atoms with E-state index in [-0.39, 0.29) is 0 Å². The van der Waals surface area contributed by atoms with Crippen molar-refractivity contribution >= 4 is 0 Å². The number of nitrogens with zero attached hydrogens (tertiary/aromatic N) is 1. The van der Waals surface area contributed by atoms with E-state index in [9.17, 15) is 0 Å². The Bertz CT molecular complexity index is 423. The molecule has 1 heterocycles. The van der Waals surface area contributed by atoms with E-state index < -0.39 is 0 Å². The predicted molar refractivity (Wildman–Crippen MR) is 80.2 cm³/mol. The maximum atomic E-state index is 6.48. The summed E-state index contributed by atoms with van der Waals surface area (Å²) in [5.41, 5.74) is 9.57. The summed E-state index contributed by atoms with van der Waals surface area (Å²) in [6.07, 6.45) is 6.38. The lowest BCUT2D eigenvalue weighted by atomic mass is 9.87. The summed E-state index contributed by atoms with van der Waals surface area (Å²) in [6.45, 7) is 4.66. The Kier molecular flexibility index (Phi) is 3.90. The van der Waals surface area contributed by atoms with Gasteiger partial charge in [-0.3, -0.25) is 4.90 Å². The second kappa shape index (κ2) is 5.64. The Morgan fingerprint density at radius 2 is 1.89 bits per heavy atom. The smallest absolute Gasteiger partial charge is 0.0501 e. The third kappa shape index (κ3) is 2.70. The van der Waals surface area contributed by atoms with Crippen molar-refractivity contribution in [2.45, 2.75) is 57.0 Å².